The lowest BCUT2D eigenvalue weighted by molar-refractivity contribution is -0.167. The molecule has 454 valence electrons. The summed E-state index contributed by atoms with van der Waals surface area (Å²) in [5, 5.41) is 0. The Balaban J connectivity index is 4.33. The van der Waals surface area contributed by atoms with E-state index in [1.807, 2.05) is 0 Å². The topological polar surface area (TPSA) is 78.9 Å². The number of allylic oxidation sites excluding steroid dienone is 16. The first-order valence-electron chi connectivity index (χ1n) is 33.7. The molecule has 6 nitrogen and oxygen atoms in total. The van der Waals surface area contributed by atoms with Gasteiger partial charge in [-0.2, -0.15) is 0 Å². The summed E-state index contributed by atoms with van der Waals surface area (Å²) >= 11 is 0. The summed E-state index contributed by atoms with van der Waals surface area (Å²) < 4.78 is 16.9. The molecule has 0 saturated heterocycles. The van der Waals surface area contributed by atoms with Gasteiger partial charge < -0.3 is 14.2 Å². The average Bonchev–Trinajstić information content (AvgIpc) is 3.45. The summed E-state index contributed by atoms with van der Waals surface area (Å²) in [6.45, 7) is 6.50. The molecule has 1 unspecified atom stereocenters. The Morgan fingerprint density at radius 2 is 0.494 bits per heavy atom. The molecule has 6 heteroatoms. The molecule has 0 amide bonds. The normalized spacial score (nSPS) is 12.7. The van der Waals surface area contributed by atoms with Gasteiger partial charge in [0.15, 0.2) is 6.10 Å². The van der Waals surface area contributed by atoms with Crippen molar-refractivity contribution in [3.05, 3.63) is 97.2 Å². The molecule has 1 atom stereocenters. The van der Waals surface area contributed by atoms with Gasteiger partial charge in [0.2, 0.25) is 0 Å². The number of hydrogen-bond acceptors (Lipinski definition) is 6. The minimum atomic E-state index is -0.796. The van der Waals surface area contributed by atoms with Gasteiger partial charge in [0.05, 0.1) is 0 Å². The van der Waals surface area contributed by atoms with Crippen LogP contribution in [0, 0.1) is 0 Å². The third-order valence-corrected chi connectivity index (χ3v) is 14.5. The van der Waals surface area contributed by atoms with Crippen LogP contribution in [0.4, 0.5) is 0 Å². The number of hydrogen-bond donors (Lipinski definition) is 0. The van der Waals surface area contributed by atoms with Crippen LogP contribution in [-0.4, -0.2) is 37.2 Å². The van der Waals surface area contributed by atoms with E-state index >= 15 is 0 Å². The van der Waals surface area contributed by atoms with E-state index in [1.165, 1.54) is 180 Å². The van der Waals surface area contributed by atoms with Crippen LogP contribution in [0.5, 0.6) is 0 Å². The van der Waals surface area contributed by atoms with Crippen molar-refractivity contribution >= 4 is 17.9 Å². The Hall–Kier alpha value is -3.67. The Bertz CT molecular complexity index is 1540. The number of unbranched alkanes of at least 4 members (excludes halogenated alkanes) is 34. The molecular formula is C73H126O6. The van der Waals surface area contributed by atoms with E-state index in [0.29, 0.717) is 19.3 Å². The van der Waals surface area contributed by atoms with Crippen molar-refractivity contribution < 1.29 is 28.6 Å². The van der Waals surface area contributed by atoms with E-state index in [2.05, 4.69) is 118 Å². The SMILES string of the molecule is CC/C=C\C/C=C\C/C=C\CCCCCC(=O)OCC(COC(=O)CCCCCCCCCCCCCCC/C=C\C/C=C\CCCCCCC)OC(=O)CCCCCCCCCC/C=C\C/C=C\C/C=C\CCCCCCC. The lowest BCUT2D eigenvalue weighted by Gasteiger charge is -2.18. The van der Waals surface area contributed by atoms with E-state index < -0.39 is 6.10 Å². The van der Waals surface area contributed by atoms with Crippen LogP contribution in [0.3, 0.4) is 0 Å². The molecule has 0 aromatic carbocycles. The number of rotatable bonds is 61. The van der Waals surface area contributed by atoms with Crippen molar-refractivity contribution in [2.75, 3.05) is 13.2 Å². The van der Waals surface area contributed by atoms with Crippen molar-refractivity contribution in [2.45, 2.75) is 335 Å². The number of carbonyl (C=O) groups is 3. The first-order valence-corrected chi connectivity index (χ1v) is 33.7. The van der Waals surface area contributed by atoms with Crippen LogP contribution in [0.2, 0.25) is 0 Å². The Labute approximate surface area is 489 Å². The van der Waals surface area contributed by atoms with Crippen molar-refractivity contribution in [3.63, 3.8) is 0 Å². The van der Waals surface area contributed by atoms with Gasteiger partial charge in [-0.3, -0.25) is 14.4 Å². The van der Waals surface area contributed by atoms with E-state index in [1.54, 1.807) is 0 Å². The predicted molar refractivity (Wildman–Crippen MR) is 344 cm³/mol. The van der Waals surface area contributed by atoms with Gasteiger partial charge in [0.1, 0.15) is 13.2 Å². The van der Waals surface area contributed by atoms with E-state index in [4.69, 9.17) is 14.2 Å². The Morgan fingerprint density at radius 1 is 0.266 bits per heavy atom. The zero-order valence-corrected chi connectivity index (χ0v) is 52.1. The molecule has 0 aliphatic rings. The lowest BCUT2D eigenvalue weighted by Crippen LogP contribution is -2.30. The Morgan fingerprint density at radius 3 is 0.785 bits per heavy atom. The maximum atomic E-state index is 12.9. The molecule has 0 rings (SSSR count). The number of esters is 3. The monoisotopic (exact) mass is 1100 g/mol. The predicted octanol–water partition coefficient (Wildman–Crippen LogP) is 23.2. The molecule has 0 heterocycles. The molecule has 0 fully saturated rings. The third kappa shape index (κ3) is 65.0. The fourth-order valence-electron chi connectivity index (χ4n) is 9.50. The molecule has 0 spiro atoms. The number of carbonyl (C=O) groups excluding carboxylic acids is 3. The molecule has 0 aromatic heterocycles. The lowest BCUT2D eigenvalue weighted by atomic mass is 10.0. The largest absolute Gasteiger partial charge is 0.462 e. The molecule has 79 heavy (non-hydrogen) atoms. The van der Waals surface area contributed by atoms with Crippen LogP contribution in [0.1, 0.15) is 329 Å². The van der Waals surface area contributed by atoms with Crippen LogP contribution in [0.25, 0.3) is 0 Å². The third-order valence-electron chi connectivity index (χ3n) is 14.5. The van der Waals surface area contributed by atoms with Crippen LogP contribution in [-0.2, 0) is 28.6 Å². The maximum Gasteiger partial charge on any atom is 0.306 e. The van der Waals surface area contributed by atoms with Gasteiger partial charge in [0.25, 0.3) is 0 Å². The minimum absolute atomic E-state index is 0.0896. The van der Waals surface area contributed by atoms with Crippen molar-refractivity contribution in [1.82, 2.24) is 0 Å². The molecule has 0 saturated carbocycles. The molecule has 0 aliphatic heterocycles. The highest BCUT2D eigenvalue weighted by molar-refractivity contribution is 5.71. The van der Waals surface area contributed by atoms with E-state index in [-0.39, 0.29) is 31.1 Å². The second-order valence-corrected chi connectivity index (χ2v) is 22.3. The second-order valence-electron chi connectivity index (χ2n) is 22.3. The fraction of sp³-hybridized carbons (Fsp3) is 0.740. The van der Waals surface area contributed by atoms with E-state index in [0.717, 1.165) is 109 Å². The quantitative estimate of drug-likeness (QED) is 0.0261. The van der Waals surface area contributed by atoms with Gasteiger partial charge in [-0.1, -0.05) is 285 Å². The van der Waals surface area contributed by atoms with Crippen molar-refractivity contribution in [1.29, 1.82) is 0 Å². The second kappa shape index (κ2) is 66.8. The van der Waals surface area contributed by atoms with Crippen LogP contribution >= 0.6 is 0 Å². The van der Waals surface area contributed by atoms with Gasteiger partial charge in [-0.05, 0) is 122 Å². The molecule has 0 aliphatic carbocycles. The molecule has 0 bridgehead atoms. The average molecular weight is 1100 g/mol. The van der Waals surface area contributed by atoms with Crippen LogP contribution in [0.15, 0.2) is 97.2 Å². The number of ether oxygens (including phenoxy) is 3. The first kappa shape index (κ1) is 75.3. The summed E-state index contributed by atoms with van der Waals surface area (Å²) in [5.41, 5.74) is 0. The smallest absolute Gasteiger partial charge is 0.306 e. The molecule has 0 radical (unpaired) electrons. The highest BCUT2D eigenvalue weighted by Gasteiger charge is 2.19. The van der Waals surface area contributed by atoms with Crippen LogP contribution < -0.4 is 0 Å². The summed E-state index contributed by atoms with van der Waals surface area (Å²) in [7, 11) is 0. The highest BCUT2D eigenvalue weighted by Crippen LogP contribution is 2.16. The van der Waals surface area contributed by atoms with Gasteiger partial charge >= 0.3 is 17.9 Å². The standard InChI is InChI=1S/C73H126O6/c1-4-7-10-13-16-19-22-25-27-29-31-33-35-36-38-39-41-43-45-48-51-54-57-60-63-66-72(75)78-69-70(68-77-71(74)65-62-59-56-53-50-47-24-21-18-15-12-9-6-3)79-73(76)67-64-61-58-55-52-49-46-44-42-40-37-34-32-30-28-26-23-20-17-14-11-8-5-2/h9,12,18,21-23,25-26,29-32,37,40,47,50,70H,4-8,10-11,13-17,19-20,24,27-28,33-36,38-39,41-46,48-49,51-69H2,1-3H3/b12-9-,21-18-,25-22-,26-23-,31-29-,32-30-,40-37-,50-47-. The summed E-state index contributed by atoms with van der Waals surface area (Å²) in [5.74, 6) is -0.917. The van der Waals surface area contributed by atoms with Gasteiger partial charge in [0, 0.05) is 19.3 Å². The zero-order valence-electron chi connectivity index (χ0n) is 52.1. The highest BCUT2D eigenvalue weighted by atomic mass is 16.6. The summed E-state index contributed by atoms with van der Waals surface area (Å²) in [4.78, 5) is 38.4. The van der Waals surface area contributed by atoms with Crippen molar-refractivity contribution in [2.24, 2.45) is 0 Å². The fourth-order valence-corrected chi connectivity index (χ4v) is 9.50. The van der Waals surface area contributed by atoms with Gasteiger partial charge in [-0.15, -0.1) is 0 Å². The zero-order chi connectivity index (χ0) is 57.1. The van der Waals surface area contributed by atoms with Gasteiger partial charge in [-0.25, -0.2) is 0 Å². The van der Waals surface area contributed by atoms with E-state index in [9.17, 15) is 14.4 Å². The maximum absolute atomic E-state index is 12.9. The molecule has 0 aromatic rings. The minimum Gasteiger partial charge on any atom is -0.462 e. The first-order chi connectivity index (χ1) is 39.0. The summed E-state index contributed by atoms with van der Waals surface area (Å²) in [6, 6.07) is 0. The molecular weight excluding hydrogens is 973 g/mol. The van der Waals surface area contributed by atoms with Crippen molar-refractivity contribution in [3.8, 4) is 0 Å². The molecule has 0 N–H and O–H groups in total. The Kier molecular flexibility index (Phi) is 63.7. The summed E-state index contributed by atoms with van der Waals surface area (Å²) in [6.07, 6.45) is 90.0.